The summed E-state index contributed by atoms with van der Waals surface area (Å²) in [5, 5.41) is 2.32. The summed E-state index contributed by atoms with van der Waals surface area (Å²) in [5.41, 5.74) is 7.45. The van der Waals surface area contributed by atoms with E-state index in [0.717, 1.165) is 24.1 Å². The lowest BCUT2D eigenvalue weighted by Gasteiger charge is -2.11. The molecule has 0 aliphatic heterocycles. The average Bonchev–Trinajstić information content (AvgIpc) is 2.21. The third-order valence-electron chi connectivity index (χ3n) is 2.26. The van der Waals surface area contributed by atoms with E-state index in [1.807, 2.05) is 12.2 Å². The van der Waals surface area contributed by atoms with Crippen LogP contribution in [0.1, 0.15) is 32.6 Å². The maximum absolute atomic E-state index is 11.3. The Morgan fingerprint density at radius 3 is 2.60 bits per heavy atom. The van der Waals surface area contributed by atoms with Gasteiger partial charge < -0.3 is 5.73 Å². The number of hydrogen-bond acceptors (Lipinski definition) is 3. The second-order valence-corrected chi connectivity index (χ2v) is 3.57. The van der Waals surface area contributed by atoms with Crippen LogP contribution in [-0.2, 0) is 9.59 Å². The first-order valence-electron chi connectivity index (χ1n) is 5.08. The topological polar surface area (TPSA) is 72.2 Å². The monoisotopic (exact) mass is 208 g/mol. The normalized spacial score (nSPS) is 15.3. The van der Waals surface area contributed by atoms with Crippen LogP contribution in [0.5, 0.6) is 0 Å². The van der Waals surface area contributed by atoms with Gasteiger partial charge in [-0.05, 0) is 18.9 Å². The molecule has 4 heteroatoms. The second kappa shape index (κ2) is 5.34. The number of rotatable bonds is 3. The van der Waals surface area contributed by atoms with Crippen molar-refractivity contribution in [1.82, 2.24) is 5.32 Å². The molecule has 0 fully saturated rings. The van der Waals surface area contributed by atoms with Crippen molar-refractivity contribution in [3.63, 3.8) is 0 Å². The minimum Gasteiger partial charge on any atom is -0.402 e. The summed E-state index contributed by atoms with van der Waals surface area (Å²) in [4.78, 5) is 22.3. The minimum atomic E-state index is -0.234. The van der Waals surface area contributed by atoms with Gasteiger partial charge in [-0.1, -0.05) is 18.6 Å². The second-order valence-electron chi connectivity index (χ2n) is 3.57. The highest BCUT2D eigenvalue weighted by Gasteiger charge is 2.10. The highest BCUT2D eigenvalue weighted by atomic mass is 16.2. The SMILES string of the molecule is CCC(=O)NC(=O)CC1=CC=C(N)CC1. The summed E-state index contributed by atoms with van der Waals surface area (Å²) in [5.74, 6) is -0.464. The zero-order chi connectivity index (χ0) is 11.3. The lowest BCUT2D eigenvalue weighted by molar-refractivity contribution is -0.129. The first kappa shape index (κ1) is 11.5. The number of carbonyl (C=O) groups excluding carboxylic acids is 2. The number of nitrogens with two attached hydrogens (primary N) is 1. The Labute approximate surface area is 89.2 Å². The Bertz CT molecular complexity index is 329. The van der Waals surface area contributed by atoms with Crippen LogP contribution in [-0.4, -0.2) is 11.8 Å². The van der Waals surface area contributed by atoms with Gasteiger partial charge in [-0.25, -0.2) is 0 Å². The molecule has 1 aliphatic rings. The molecule has 0 atom stereocenters. The molecule has 4 nitrogen and oxygen atoms in total. The van der Waals surface area contributed by atoms with Gasteiger partial charge in [-0.3, -0.25) is 14.9 Å². The van der Waals surface area contributed by atoms with Crippen LogP contribution < -0.4 is 11.1 Å². The number of amides is 2. The van der Waals surface area contributed by atoms with E-state index in [4.69, 9.17) is 5.73 Å². The first-order valence-corrected chi connectivity index (χ1v) is 5.08. The summed E-state index contributed by atoms with van der Waals surface area (Å²) >= 11 is 0. The molecule has 0 aromatic carbocycles. The predicted octanol–water partition coefficient (Wildman–Crippen LogP) is 0.992. The Balaban J connectivity index is 2.42. The van der Waals surface area contributed by atoms with Crippen molar-refractivity contribution < 1.29 is 9.59 Å². The zero-order valence-electron chi connectivity index (χ0n) is 8.88. The van der Waals surface area contributed by atoms with E-state index in [9.17, 15) is 9.59 Å². The summed E-state index contributed by atoms with van der Waals surface area (Å²) in [6, 6.07) is 0. The molecule has 0 bridgehead atoms. The molecule has 0 heterocycles. The molecule has 0 saturated carbocycles. The van der Waals surface area contributed by atoms with Gasteiger partial charge in [-0.2, -0.15) is 0 Å². The summed E-state index contributed by atoms with van der Waals surface area (Å²) in [6.07, 6.45) is 5.88. The van der Waals surface area contributed by atoms with E-state index in [1.165, 1.54) is 0 Å². The van der Waals surface area contributed by atoms with Crippen LogP contribution in [0.25, 0.3) is 0 Å². The van der Waals surface area contributed by atoms with Crippen molar-refractivity contribution >= 4 is 11.8 Å². The van der Waals surface area contributed by atoms with E-state index in [2.05, 4.69) is 5.32 Å². The lowest BCUT2D eigenvalue weighted by Crippen LogP contribution is -2.29. The molecule has 82 valence electrons. The van der Waals surface area contributed by atoms with E-state index >= 15 is 0 Å². The number of carbonyl (C=O) groups is 2. The number of nitrogens with one attached hydrogen (secondary N) is 1. The maximum Gasteiger partial charge on any atom is 0.230 e. The highest BCUT2D eigenvalue weighted by molar-refractivity contribution is 5.95. The van der Waals surface area contributed by atoms with Gasteiger partial charge in [-0.15, -0.1) is 0 Å². The Hall–Kier alpha value is -1.58. The Morgan fingerprint density at radius 2 is 2.07 bits per heavy atom. The number of imide groups is 1. The van der Waals surface area contributed by atoms with Crippen molar-refractivity contribution in [3.05, 3.63) is 23.4 Å². The fourth-order valence-corrected chi connectivity index (χ4v) is 1.34. The van der Waals surface area contributed by atoms with Crippen LogP contribution in [0, 0.1) is 0 Å². The van der Waals surface area contributed by atoms with Gasteiger partial charge >= 0.3 is 0 Å². The van der Waals surface area contributed by atoms with Crippen LogP contribution in [0.3, 0.4) is 0 Å². The maximum atomic E-state index is 11.3. The predicted molar refractivity (Wildman–Crippen MR) is 57.6 cm³/mol. The third kappa shape index (κ3) is 3.97. The van der Waals surface area contributed by atoms with E-state index in [0.29, 0.717) is 6.42 Å². The van der Waals surface area contributed by atoms with Crippen LogP contribution in [0.2, 0.25) is 0 Å². The average molecular weight is 208 g/mol. The molecule has 1 rings (SSSR count). The lowest BCUT2D eigenvalue weighted by atomic mass is 10.00. The van der Waals surface area contributed by atoms with Crippen molar-refractivity contribution in [2.45, 2.75) is 32.6 Å². The molecule has 1 aliphatic carbocycles. The van der Waals surface area contributed by atoms with Gasteiger partial charge in [0, 0.05) is 18.5 Å². The summed E-state index contributed by atoms with van der Waals surface area (Å²) in [6.45, 7) is 1.71. The van der Waals surface area contributed by atoms with Gasteiger partial charge in [0.25, 0.3) is 0 Å². The van der Waals surface area contributed by atoms with Gasteiger partial charge in [0.2, 0.25) is 11.8 Å². The molecular formula is C11H16N2O2. The largest absolute Gasteiger partial charge is 0.402 e. The van der Waals surface area contributed by atoms with Gasteiger partial charge in [0.05, 0.1) is 0 Å². The minimum absolute atomic E-state index is 0.230. The smallest absolute Gasteiger partial charge is 0.230 e. The Morgan fingerprint density at radius 1 is 1.33 bits per heavy atom. The molecule has 0 unspecified atom stereocenters. The zero-order valence-corrected chi connectivity index (χ0v) is 8.88. The summed E-state index contributed by atoms with van der Waals surface area (Å²) < 4.78 is 0. The van der Waals surface area contributed by atoms with Crippen LogP contribution in [0.4, 0.5) is 0 Å². The standard InChI is InChI=1S/C11H16N2O2/c1-2-10(14)13-11(15)7-8-3-5-9(12)6-4-8/h3,5H,2,4,6-7,12H2,1H3,(H,13,14,15). The van der Waals surface area contributed by atoms with Crippen molar-refractivity contribution in [1.29, 1.82) is 0 Å². The molecule has 2 amide bonds. The molecule has 0 radical (unpaired) electrons. The van der Waals surface area contributed by atoms with Crippen LogP contribution in [0.15, 0.2) is 23.4 Å². The van der Waals surface area contributed by atoms with Crippen molar-refractivity contribution in [2.75, 3.05) is 0 Å². The fraction of sp³-hybridized carbons (Fsp3) is 0.455. The molecule has 15 heavy (non-hydrogen) atoms. The van der Waals surface area contributed by atoms with Crippen molar-refractivity contribution in [3.8, 4) is 0 Å². The van der Waals surface area contributed by atoms with Crippen molar-refractivity contribution in [2.24, 2.45) is 5.73 Å². The number of hydrogen-bond donors (Lipinski definition) is 2. The molecule has 0 aromatic heterocycles. The number of allylic oxidation sites excluding steroid dienone is 3. The molecule has 0 spiro atoms. The molecular weight excluding hydrogens is 192 g/mol. The van der Waals surface area contributed by atoms with Crippen LogP contribution >= 0.6 is 0 Å². The van der Waals surface area contributed by atoms with Gasteiger partial charge in [0.15, 0.2) is 0 Å². The fourth-order valence-electron chi connectivity index (χ4n) is 1.34. The van der Waals surface area contributed by atoms with E-state index < -0.39 is 0 Å². The first-order chi connectivity index (χ1) is 7.11. The highest BCUT2D eigenvalue weighted by Crippen LogP contribution is 2.17. The quantitative estimate of drug-likeness (QED) is 0.726. The third-order valence-corrected chi connectivity index (χ3v) is 2.26. The van der Waals surface area contributed by atoms with E-state index in [1.54, 1.807) is 6.92 Å². The molecule has 0 aromatic rings. The Kier molecular flexibility index (Phi) is 4.09. The molecule has 3 N–H and O–H groups in total. The van der Waals surface area contributed by atoms with Gasteiger partial charge in [0.1, 0.15) is 0 Å². The van der Waals surface area contributed by atoms with E-state index in [-0.39, 0.29) is 18.2 Å². The summed E-state index contributed by atoms with van der Waals surface area (Å²) in [7, 11) is 0. The molecule has 0 saturated heterocycles.